The lowest BCUT2D eigenvalue weighted by Gasteiger charge is -2.26. The van der Waals surface area contributed by atoms with Gasteiger partial charge < -0.3 is 9.64 Å². The number of likely N-dealkylation sites (N-methyl/N-ethyl adjacent to an activating group) is 1. The maximum atomic E-state index is 11.6. The van der Waals surface area contributed by atoms with Crippen molar-refractivity contribution in [3.63, 3.8) is 0 Å². The zero-order valence-corrected chi connectivity index (χ0v) is 10.3. The molecule has 0 N–H and O–H groups in total. The molecule has 0 saturated heterocycles. The van der Waals surface area contributed by atoms with Crippen molar-refractivity contribution >= 4 is 11.6 Å². The van der Waals surface area contributed by atoms with Crippen LogP contribution in [0, 0.1) is 0 Å². The summed E-state index contributed by atoms with van der Waals surface area (Å²) in [5.74, 6) is 0.702. The first kappa shape index (κ1) is 10.8. The summed E-state index contributed by atoms with van der Waals surface area (Å²) >= 11 is 0. The third kappa shape index (κ3) is 1.55. The molecule has 2 aromatic rings. The van der Waals surface area contributed by atoms with Crippen molar-refractivity contribution in [2.75, 3.05) is 18.6 Å². The first-order valence-corrected chi connectivity index (χ1v) is 5.68. The number of hydrogen-bond donors (Lipinski definition) is 0. The summed E-state index contributed by atoms with van der Waals surface area (Å²) in [6.07, 6.45) is 1.75. The number of carbonyl (C=O) groups is 1. The van der Waals surface area contributed by atoms with Crippen LogP contribution in [0.15, 0.2) is 30.5 Å². The molecule has 0 bridgehead atoms. The van der Waals surface area contributed by atoms with Crippen molar-refractivity contribution in [3.05, 3.63) is 30.5 Å². The third-order valence-electron chi connectivity index (χ3n) is 3.16. The molecule has 1 aromatic heterocycles. The fraction of sp³-hybridized carbons (Fsp3) is 0.231. The molecule has 92 valence electrons. The molecule has 0 atom stereocenters. The Labute approximate surface area is 105 Å². The quantitative estimate of drug-likeness (QED) is 0.761. The number of carbonyl (C=O) groups excluding carboxylic acids is 1. The molecule has 5 heteroatoms. The number of ether oxygens (including phenoxy) is 1. The second kappa shape index (κ2) is 3.87. The van der Waals surface area contributed by atoms with E-state index in [0.29, 0.717) is 0 Å². The van der Waals surface area contributed by atoms with E-state index >= 15 is 0 Å². The molecule has 0 radical (unpaired) electrons. The highest BCUT2D eigenvalue weighted by Crippen LogP contribution is 2.34. The number of rotatable bonds is 1. The van der Waals surface area contributed by atoms with Gasteiger partial charge in [0.25, 0.3) is 5.91 Å². The summed E-state index contributed by atoms with van der Waals surface area (Å²) in [6, 6.07) is 7.75. The number of aryl methyl sites for hydroxylation is 1. The van der Waals surface area contributed by atoms with E-state index in [4.69, 9.17) is 4.74 Å². The predicted octanol–water partition coefficient (Wildman–Crippen LogP) is 1.44. The van der Waals surface area contributed by atoms with Gasteiger partial charge in [0, 0.05) is 25.9 Å². The van der Waals surface area contributed by atoms with Crippen LogP contribution in [-0.4, -0.2) is 29.3 Å². The summed E-state index contributed by atoms with van der Waals surface area (Å²) in [7, 11) is 3.65. The zero-order chi connectivity index (χ0) is 12.7. The van der Waals surface area contributed by atoms with Gasteiger partial charge in [0.1, 0.15) is 5.75 Å². The molecule has 1 aliphatic heterocycles. The molecule has 1 amide bonds. The molecule has 0 aliphatic carbocycles. The zero-order valence-electron chi connectivity index (χ0n) is 10.3. The molecule has 3 rings (SSSR count). The Morgan fingerprint density at radius 2 is 2.11 bits per heavy atom. The maximum Gasteiger partial charge on any atom is 0.264 e. The molecule has 0 saturated carbocycles. The Kier molecular flexibility index (Phi) is 2.33. The van der Waals surface area contributed by atoms with Gasteiger partial charge in [-0.1, -0.05) is 0 Å². The molecule has 5 nitrogen and oxygen atoms in total. The minimum Gasteiger partial charge on any atom is -0.482 e. The standard InChI is InChI=1S/C13H13N3O2/c1-15-11-7-9(10-5-6-14-16(10)2)3-4-12(11)18-8-13(15)17/h3-7H,8H2,1-2H3. The summed E-state index contributed by atoms with van der Waals surface area (Å²) in [4.78, 5) is 13.2. The average Bonchev–Trinajstić information content (AvgIpc) is 2.80. The van der Waals surface area contributed by atoms with Crippen LogP contribution in [0.2, 0.25) is 0 Å². The summed E-state index contributed by atoms with van der Waals surface area (Å²) < 4.78 is 7.19. The lowest BCUT2D eigenvalue weighted by molar-refractivity contribution is -0.120. The van der Waals surface area contributed by atoms with Gasteiger partial charge in [-0.05, 0) is 24.3 Å². The number of fused-ring (bicyclic) bond motifs is 1. The lowest BCUT2D eigenvalue weighted by atomic mass is 10.1. The van der Waals surface area contributed by atoms with Gasteiger partial charge >= 0.3 is 0 Å². The SMILES string of the molecule is CN1C(=O)COc2ccc(-c3ccnn3C)cc21. The number of aromatic nitrogens is 2. The fourth-order valence-corrected chi connectivity index (χ4v) is 2.09. The van der Waals surface area contributed by atoms with Crippen molar-refractivity contribution in [2.24, 2.45) is 7.05 Å². The van der Waals surface area contributed by atoms with Gasteiger partial charge in [-0.2, -0.15) is 5.10 Å². The number of anilines is 1. The molecular weight excluding hydrogens is 230 g/mol. The van der Waals surface area contributed by atoms with Crippen molar-refractivity contribution in [1.82, 2.24) is 9.78 Å². The normalized spacial score (nSPS) is 14.3. The number of hydrogen-bond acceptors (Lipinski definition) is 3. The van der Waals surface area contributed by atoms with E-state index in [1.807, 2.05) is 31.3 Å². The van der Waals surface area contributed by atoms with Crippen LogP contribution in [0.25, 0.3) is 11.3 Å². The summed E-state index contributed by atoms with van der Waals surface area (Å²) in [6.45, 7) is 0.106. The lowest BCUT2D eigenvalue weighted by Crippen LogP contribution is -2.35. The van der Waals surface area contributed by atoms with E-state index in [-0.39, 0.29) is 12.5 Å². The molecule has 1 aromatic carbocycles. The first-order chi connectivity index (χ1) is 8.66. The van der Waals surface area contributed by atoms with Crippen LogP contribution in [0.3, 0.4) is 0 Å². The van der Waals surface area contributed by atoms with Crippen molar-refractivity contribution in [2.45, 2.75) is 0 Å². The molecule has 0 unspecified atom stereocenters. The van der Waals surface area contributed by atoms with E-state index in [2.05, 4.69) is 5.10 Å². The second-order valence-corrected chi connectivity index (χ2v) is 4.26. The Hall–Kier alpha value is -2.30. The van der Waals surface area contributed by atoms with Crippen LogP contribution in [0.5, 0.6) is 5.75 Å². The number of benzene rings is 1. The van der Waals surface area contributed by atoms with E-state index < -0.39 is 0 Å². The van der Waals surface area contributed by atoms with Gasteiger partial charge in [0.2, 0.25) is 0 Å². The van der Waals surface area contributed by atoms with Crippen molar-refractivity contribution in [1.29, 1.82) is 0 Å². The largest absolute Gasteiger partial charge is 0.482 e. The van der Waals surface area contributed by atoms with Crippen LogP contribution >= 0.6 is 0 Å². The first-order valence-electron chi connectivity index (χ1n) is 5.68. The minimum absolute atomic E-state index is 0.0374. The molecule has 1 aliphatic rings. The van der Waals surface area contributed by atoms with Crippen LogP contribution < -0.4 is 9.64 Å². The Morgan fingerprint density at radius 1 is 1.28 bits per heavy atom. The molecule has 0 fully saturated rings. The topological polar surface area (TPSA) is 47.4 Å². The number of nitrogens with zero attached hydrogens (tertiary/aromatic N) is 3. The van der Waals surface area contributed by atoms with Gasteiger partial charge in [-0.3, -0.25) is 9.48 Å². The Balaban J connectivity index is 2.11. The van der Waals surface area contributed by atoms with Crippen LogP contribution in [-0.2, 0) is 11.8 Å². The molecule has 18 heavy (non-hydrogen) atoms. The highest BCUT2D eigenvalue weighted by atomic mass is 16.5. The van der Waals surface area contributed by atoms with Crippen molar-refractivity contribution in [3.8, 4) is 17.0 Å². The summed E-state index contributed by atoms with van der Waals surface area (Å²) in [5.41, 5.74) is 2.81. The molecular formula is C13H13N3O2. The highest BCUT2D eigenvalue weighted by molar-refractivity contribution is 5.98. The molecule has 2 heterocycles. The summed E-state index contributed by atoms with van der Waals surface area (Å²) in [5, 5.41) is 4.14. The fourth-order valence-electron chi connectivity index (χ4n) is 2.09. The van der Waals surface area contributed by atoms with E-state index in [0.717, 1.165) is 22.7 Å². The monoisotopic (exact) mass is 243 g/mol. The van der Waals surface area contributed by atoms with Crippen molar-refractivity contribution < 1.29 is 9.53 Å². The van der Waals surface area contributed by atoms with Gasteiger partial charge in [-0.25, -0.2) is 0 Å². The Bertz CT molecular complexity index is 618. The van der Waals surface area contributed by atoms with Crippen LogP contribution in [0.1, 0.15) is 0 Å². The maximum absolute atomic E-state index is 11.6. The van der Waals surface area contributed by atoms with Gasteiger partial charge in [0.05, 0.1) is 11.4 Å². The van der Waals surface area contributed by atoms with Crippen LogP contribution in [0.4, 0.5) is 5.69 Å². The average molecular weight is 243 g/mol. The smallest absolute Gasteiger partial charge is 0.264 e. The second-order valence-electron chi connectivity index (χ2n) is 4.26. The third-order valence-corrected chi connectivity index (χ3v) is 3.16. The van der Waals surface area contributed by atoms with Gasteiger partial charge in [-0.15, -0.1) is 0 Å². The van der Waals surface area contributed by atoms with E-state index in [9.17, 15) is 4.79 Å². The van der Waals surface area contributed by atoms with Gasteiger partial charge in [0.15, 0.2) is 6.61 Å². The predicted molar refractivity (Wildman–Crippen MR) is 67.5 cm³/mol. The number of amides is 1. The highest BCUT2D eigenvalue weighted by Gasteiger charge is 2.22. The van der Waals surface area contributed by atoms with E-state index in [1.54, 1.807) is 22.8 Å². The molecule has 0 spiro atoms. The minimum atomic E-state index is -0.0374. The van der Waals surface area contributed by atoms with E-state index in [1.165, 1.54) is 0 Å². The Morgan fingerprint density at radius 3 is 2.83 bits per heavy atom.